The zero-order chi connectivity index (χ0) is 26.7. The Morgan fingerprint density at radius 1 is 1.30 bits per heavy atom. The number of nitrogens with two attached hydrogens (primary N) is 1. The number of fused-ring (bicyclic) bond motifs is 1. The minimum atomic E-state index is -1.35. The van der Waals surface area contributed by atoms with E-state index in [2.05, 4.69) is 15.5 Å². The molecular weight excluding hydrogens is 529 g/mol. The van der Waals surface area contributed by atoms with E-state index in [9.17, 15) is 28.7 Å². The molecule has 2 aliphatic heterocycles. The smallest absolute Gasteiger partial charge is 0.352 e. The number of hydrogen-bond donors (Lipinski definition) is 3. The van der Waals surface area contributed by atoms with Crippen molar-refractivity contribution in [2.45, 2.75) is 24.9 Å². The number of carboxylic acid groups (broad SMARTS) is 1. The fourth-order valence-corrected chi connectivity index (χ4v) is 5.42. The minimum Gasteiger partial charge on any atom is -0.477 e. The number of hydrogen-bond acceptors (Lipinski definition) is 11. The number of nitrogen functional groups attached to an aromatic ring is 1. The summed E-state index contributed by atoms with van der Waals surface area (Å²) in [5.74, 6) is -3.59. The van der Waals surface area contributed by atoms with E-state index < -0.39 is 41.0 Å². The van der Waals surface area contributed by atoms with Crippen molar-refractivity contribution in [3.8, 4) is 0 Å². The molecule has 0 radical (unpaired) electrons. The van der Waals surface area contributed by atoms with Crippen molar-refractivity contribution >= 4 is 57.7 Å². The zero-order valence-electron chi connectivity index (χ0n) is 19.2. The molecule has 2 aliphatic rings. The topological polar surface area (TPSA) is 174 Å². The van der Waals surface area contributed by atoms with Gasteiger partial charge in [0.15, 0.2) is 10.8 Å². The van der Waals surface area contributed by atoms with Gasteiger partial charge in [0.1, 0.15) is 41.8 Å². The van der Waals surface area contributed by atoms with Crippen LogP contribution >= 0.6 is 23.1 Å². The number of aliphatic carboxylic acids is 1. The molecule has 1 aromatic carbocycles. The summed E-state index contributed by atoms with van der Waals surface area (Å²) >= 11 is 2.29. The molecule has 1 fully saturated rings. The van der Waals surface area contributed by atoms with Crippen molar-refractivity contribution in [2.75, 3.05) is 18.1 Å². The Morgan fingerprint density at radius 3 is 2.65 bits per heavy atom. The average Bonchev–Trinajstić information content (AvgIpc) is 3.29. The Balaban J connectivity index is 1.49. The van der Waals surface area contributed by atoms with E-state index in [1.807, 2.05) is 0 Å². The van der Waals surface area contributed by atoms with Crippen LogP contribution in [0.1, 0.15) is 18.2 Å². The second-order valence-corrected chi connectivity index (χ2v) is 9.80. The van der Waals surface area contributed by atoms with Crippen LogP contribution in [-0.4, -0.2) is 68.2 Å². The van der Waals surface area contributed by atoms with E-state index in [0.29, 0.717) is 5.56 Å². The van der Waals surface area contributed by atoms with Crippen LogP contribution < -0.4 is 11.1 Å². The lowest BCUT2D eigenvalue weighted by atomic mass is 10.0. The molecule has 2 atom stereocenters. The predicted octanol–water partition coefficient (Wildman–Crippen LogP) is 1.09. The van der Waals surface area contributed by atoms with Crippen LogP contribution in [0.15, 0.2) is 46.1 Å². The second kappa shape index (κ2) is 11.0. The third-order valence-electron chi connectivity index (χ3n) is 5.27. The molecule has 0 unspecified atom stereocenters. The molecule has 12 nitrogen and oxygen atoms in total. The average molecular weight is 550 g/mol. The van der Waals surface area contributed by atoms with Gasteiger partial charge in [-0.15, -0.1) is 23.1 Å². The SMILES string of the molecule is CC(=O)OCC1=C(C(=O)O)N2C(=O)[C@@H](NC(=O)C(=NOCc3ccc(F)cc3)c3csc(N)n3)[C@H]2SC1. The third-order valence-corrected chi connectivity index (χ3v) is 7.28. The number of carboxylic acids is 1. The summed E-state index contributed by atoms with van der Waals surface area (Å²) in [7, 11) is 0. The van der Waals surface area contributed by atoms with Crippen LogP contribution in [-0.2, 0) is 35.4 Å². The molecule has 0 spiro atoms. The summed E-state index contributed by atoms with van der Waals surface area (Å²) in [6, 6.07) is 4.46. The highest BCUT2D eigenvalue weighted by molar-refractivity contribution is 8.00. The Kier molecular flexibility index (Phi) is 7.73. The van der Waals surface area contributed by atoms with Crippen molar-refractivity contribution in [1.29, 1.82) is 0 Å². The van der Waals surface area contributed by atoms with Gasteiger partial charge in [0.05, 0.1) is 0 Å². The normalized spacial score (nSPS) is 19.1. The van der Waals surface area contributed by atoms with Gasteiger partial charge in [-0.25, -0.2) is 14.2 Å². The van der Waals surface area contributed by atoms with Crippen LogP contribution in [0.25, 0.3) is 0 Å². The van der Waals surface area contributed by atoms with Crippen molar-refractivity contribution in [3.05, 3.63) is 58.0 Å². The van der Waals surface area contributed by atoms with Crippen molar-refractivity contribution in [2.24, 2.45) is 5.16 Å². The minimum absolute atomic E-state index is 0.0663. The molecule has 4 N–H and O–H groups in total. The first kappa shape index (κ1) is 26.1. The quantitative estimate of drug-likeness (QED) is 0.178. The van der Waals surface area contributed by atoms with Gasteiger partial charge in [-0.3, -0.25) is 19.3 Å². The molecule has 2 aromatic rings. The highest BCUT2D eigenvalue weighted by atomic mass is 32.2. The zero-order valence-corrected chi connectivity index (χ0v) is 20.8. The number of esters is 1. The number of nitrogens with zero attached hydrogens (tertiary/aromatic N) is 3. The monoisotopic (exact) mass is 549 g/mol. The highest BCUT2D eigenvalue weighted by Gasteiger charge is 2.54. The summed E-state index contributed by atoms with van der Waals surface area (Å²) in [5.41, 5.74) is 6.16. The molecule has 37 heavy (non-hydrogen) atoms. The lowest BCUT2D eigenvalue weighted by molar-refractivity contribution is -0.150. The third kappa shape index (κ3) is 5.72. The van der Waals surface area contributed by atoms with E-state index in [0.717, 1.165) is 16.2 Å². The van der Waals surface area contributed by atoms with Gasteiger partial charge in [-0.1, -0.05) is 17.3 Å². The van der Waals surface area contributed by atoms with Crippen LogP contribution in [0.5, 0.6) is 0 Å². The first-order valence-electron chi connectivity index (χ1n) is 10.7. The Labute approximate surface area is 217 Å². The molecular formula is C22H20FN5O7S2. The molecule has 1 saturated heterocycles. The first-order valence-corrected chi connectivity index (χ1v) is 12.6. The number of halogens is 1. The van der Waals surface area contributed by atoms with Gasteiger partial charge in [-0.2, -0.15) is 0 Å². The summed E-state index contributed by atoms with van der Waals surface area (Å²) in [6.45, 7) is 0.868. The van der Waals surface area contributed by atoms with E-state index in [4.69, 9.17) is 15.3 Å². The molecule has 2 amide bonds. The molecule has 4 rings (SSSR count). The number of rotatable bonds is 9. The number of carbonyl (C=O) groups is 4. The Hall–Kier alpha value is -3.98. The number of carbonyl (C=O) groups excluding carboxylic acids is 3. The van der Waals surface area contributed by atoms with Crippen molar-refractivity contribution in [3.63, 3.8) is 0 Å². The predicted molar refractivity (Wildman–Crippen MR) is 131 cm³/mol. The van der Waals surface area contributed by atoms with E-state index in [1.54, 1.807) is 0 Å². The molecule has 194 valence electrons. The summed E-state index contributed by atoms with van der Waals surface area (Å²) in [5, 5.41) is 17.1. The number of amides is 2. The number of thioether (sulfide) groups is 1. The molecule has 0 bridgehead atoms. The van der Waals surface area contributed by atoms with E-state index >= 15 is 0 Å². The van der Waals surface area contributed by atoms with Crippen LogP contribution in [0.4, 0.5) is 9.52 Å². The fourth-order valence-electron chi connectivity index (χ4n) is 3.55. The lowest BCUT2D eigenvalue weighted by Crippen LogP contribution is -2.71. The molecule has 3 heterocycles. The van der Waals surface area contributed by atoms with Gasteiger partial charge in [0, 0.05) is 23.6 Å². The Bertz CT molecular complexity index is 1310. The first-order chi connectivity index (χ1) is 17.7. The Morgan fingerprint density at radius 2 is 2.03 bits per heavy atom. The summed E-state index contributed by atoms with van der Waals surface area (Å²) < 4.78 is 18.0. The molecule has 15 heteroatoms. The highest BCUT2D eigenvalue weighted by Crippen LogP contribution is 2.40. The lowest BCUT2D eigenvalue weighted by Gasteiger charge is -2.49. The van der Waals surface area contributed by atoms with Gasteiger partial charge in [-0.05, 0) is 17.7 Å². The largest absolute Gasteiger partial charge is 0.477 e. The maximum Gasteiger partial charge on any atom is 0.352 e. The number of β-lactam (4-membered cyclic amide) rings is 1. The van der Waals surface area contributed by atoms with Crippen molar-refractivity contribution in [1.82, 2.24) is 15.2 Å². The standard InChI is InChI=1S/C22H20FN5O7S2/c1-10(29)34-7-12-8-36-20-16(19(31)28(20)17(12)21(32)33)26-18(30)15(14-9-37-22(24)25-14)27-35-6-11-2-4-13(23)5-3-11/h2-5,9,16,20H,6-8H2,1H3,(H2,24,25)(H,26,30)(H,32,33)/t16-,20-/m1/s1. The molecule has 0 aliphatic carbocycles. The van der Waals surface area contributed by atoms with Gasteiger partial charge in [0.2, 0.25) is 0 Å². The number of anilines is 1. The fraction of sp³-hybridized carbons (Fsp3) is 0.273. The summed E-state index contributed by atoms with van der Waals surface area (Å²) in [4.78, 5) is 59.4. The van der Waals surface area contributed by atoms with E-state index in [1.165, 1.54) is 48.3 Å². The van der Waals surface area contributed by atoms with E-state index in [-0.39, 0.29) is 46.8 Å². The number of ether oxygens (including phenoxy) is 1. The van der Waals surface area contributed by atoms with Crippen molar-refractivity contribution < 1.29 is 38.2 Å². The van der Waals surface area contributed by atoms with Crippen LogP contribution in [0.2, 0.25) is 0 Å². The maximum absolute atomic E-state index is 13.1. The number of aromatic nitrogens is 1. The molecule has 0 saturated carbocycles. The van der Waals surface area contributed by atoms with Gasteiger partial charge >= 0.3 is 11.9 Å². The van der Waals surface area contributed by atoms with Gasteiger partial charge < -0.3 is 25.7 Å². The number of benzene rings is 1. The summed E-state index contributed by atoms with van der Waals surface area (Å²) in [6.07, 6.45) is 0. The van der Waals surface area contributed by atoms with Crippen LogP contribution in [0, 0.1) is 5.82 Å². The number of oxime groups is 1. The maximum atomic E-state index is 13.1. The van der Waals surface area contributed by atoms with Gasteiger partial charge in [0.25, 0.3) is 11.8 Å². The molecule has 1 aromatic heterocycles. The number of thiazole rings is 1. The second-order valence-electron chi connectivity index (χ2n) is 7.81. The number of nitrogens with one attached hydrogen (secondary N) is 1. The van der Waals surface area contributed by atoms with Crippen LogP contribution in [0.3, 0.4) is 0 Å².